The fraction of sp³-hybridized carbons (Fsp3) is 0.294. The number of benzene rings is 2. The van der Waals surface area contributed by atoms with Crippen LogP contribution in [0, 0.1) is 0 Å². The van der Waals surface area contributed by atoms with E-state index in [1.807, 2.05) is 18.2 Å². The van der Waals surface area contributed by atoms with Crippen molar-refractivity contribution in [2.45, 2.75) is 26.3 Å². The van der Waals surface area contributed by atoms with E-state index in [0.29, 0.717) is 6.04 Å². The minimum absolute atomic E-state index is 0.326. The molecule has 0 aromatic heterocycles. The molecule has 1 N–H and O–H groups in total. The summed E-state index contributed by atoms with van der Waals surface area (Å²) in [5.74, 6) is 0. The first kappa shape index (κ1) is 14.1. The highest BCUT2D eigenvalue weighted by Gasteiger charge is 2.12. The molecule has 0 heterocycles. The maximum Gasteiger partial charge on any atom is 0.0484 e. The maximum absolute atomic E-state index is 6.32. The van der Waals surface area contributed by atoms with Crippen molar-refractivity contribution in [3.8, 4) is 11.1 Å². The molecule has 0 radical (unpaired) electrons. The van der Waals surface area contributed by atoms with Crippen molar-refractivity contribution in [1.82, 2.24) is 5.32 Å². The Kier molecular flexibility index (Phi) is 5.00. The molecule has 0 fully saturated rings. The minimum Gasteiger partial charge on any atom is -0.310 e. The van der Waals surface area contributed by atoms with Gasteiger partial charge in [0.05, 0.1) is 0 Å². The van der Waals surface area contributed by atoms with Crippen LogP contribution >= 0.6 is 11.6 Å². The number of halogens is 1. The van der Waals surface area contributed by atoms with Gasteiger partial charge in [-0.05, 0) is 37.1 Å². The normalized spacial score (nSPS) is 12.4. The van der Waals surface area contributed by atoms with Crippen molar-refractivity contribution >= 4 is 11.6 Å². The molecule has 1 atom stereocenters. The van der Waals surface area contributed by atoms with Gasteiger partial charge in [-0.25, -0.2) is 0 Å². The molecule has 2 rings (SSSR count). The van der Waals surface area contributed by atoms with E-state index in [1.54, 1.807) is 0 Å². The van der Waals surface area contributed by atoms with Gasteiger partial charge in [0.15, 0.2) is 0 Å². The van der Waals surface area contributed by atoms with E-state index >= 15 is 0 Å². The lowest BCUT2D eigenvalue weighted by Crippen LogP contribution is -2.19. The molecule has 0 amide bonds. The molecule has 0 saturated carbocycles. The fourth-order valence-corrected chi connectivity index (χ4v) is 2.51. The highest BCUT2D eigenvalue weighted by Crippen LogP contribution is 2.32. The van der Waals surface area contributed by atoms with Gasteiger partial charge < -0.3 is 5.32 Å². The Hall–Kier alpha value is -1.31. The summed E-state index contributed by atoms with van der Waals surface area (Å²) in [6.07, 6.45) is 1.14. The number of hydrogen-bond donors (Lipinski definition) is 1. The van der Waals surface area contributed by atoms with E-state index in [-0.39, 0.29) is 0 Å². The Morgan fingerprint density at radius 3 is 2.32 bits per heavy atom. The second kappa shape index (κ2) is 6.74. The average molecular weight is 274 g/mol. The van der Waals surface area contributed by atoms with E-state index in [2.05, 4.69) is 49.5 Å². The van der Waals surface area contributed by atoms with Crippen molar-refractivity contribution in [2.24, 2.45) is 0 Å². The quantitative estimate of drug-likeness (QED) is 0.802. The minimum atomic E-state index is 0.326. The predicted molar refractivity (Wildman–Crippen MR) is 83.6 cm³/mol. The molecule has 2 aromatic carbocycles. The van der Waals surface area contributed by atoms with Crippen LogP contribution in [0.4, 0.5) is 0 Å². The van der Waals surface area contributed by atoms with Crippen molar-refractivity contribution in [2.75, 3.05) is 6.54 Å². The third-order valence-electron chi connectivity index (χ3n) is 3.29. The first-order valence-corrected chi connectivity index (χ1v) is 7.19. The Balaban J connectivity index is 2.39. The molecular weight excluding hydrogens is 254 g/mol. The van der Waals surface area contributed by atoms with Crippen LogP contribution in [0.5, 0.6) is 0 Å². The topological polar surface area (TPSA) is 12.0 Å². The molecule has 2 aromatic rings. The summed E-state index contributed by atoms with van der Waals surface area (Å²) in [6, 6.07) is 16.8. The summed E-state index contributed by atoms with van der Waals surface area (Å²) in [4.78, 5) is 0. The molecule has 0 aliphatic rings. The van der Waals surface area contributed by atoms with Gasteiger partial charge in [-0.15, -0.1) is 0 Å². The Labute approximate surface area is 120 Å². The molecule has 0 bridgehead atoms. The molecule has 1 nitrogen and oxygen atoms in total. The van der Waals surface area contributed by atoms with Crippen LogP contribution in [-0.2, 0) is 0 Å². The standard InChI is InChI=1S/C17H20ClN/c1-3-12-19-13(2)14-8-4-5-9-15(14)16-10-6-7-11-17(16)18/h4-11,13,19H,3,12H2,1-2H3. The lowest BCUT2D eigenvalue weighted by molar-refractivity contribution is 0.572. The van der Waals surface area contributed by atoms with Gasteiger partial charge in [-0.1, -0.05) is 61.0 Å². The predicted octanol–water partition coefficient (Wildman–Crippen LogP) is 5.07. The van der Waals surface area contributed by atoms with Crippen molar-refractivity contribution in [3.05, 3.63) is 59.1 Å². The van der Waals surface area contributed by atoms with Crippen LogP contribution in [0.15, 0.2) is 48.5 Å². The molecule has 0 saturated heterocycles. The highest BCUT2D eigenvalue weighted by atomic mass is 35.5. The monoisotopic (exact) mass is 273 g/mol. The van der Waals surface area contributed by atoms with E-state index < -0.39 is 0 Å². The van der Waals surface area contributed by atoms with Gasteiger partial charge in [-0.2, -0.15) is 0 Å². The molecular formula is C17H20ClN. The first-order chi connectivity index (χ1) is 9.24. The van der Waals surface area contributed by atoms with Crippen LogP contribution in [0.2, 0.25) is 5.02 Å². The number of rotatable bonds is 5. The third-order valence-corrected chi connectivity index (χ3v) is 3.62. The smallest absolute Gasteiger partial charge is 0.0484 e. The van der Waals surface area contributed by atoms with Crippen molar-refractivity contribution in [3.63, 3.8) is 0 Å². The fourth-order valence-electron chi connectivity index (χ4n) is 2.27. The van der Waals surface area contributed by atoms with Crippen LogP contribution in [-0.4, -0.2) is 6.54 Å². The first-order valence-electron chi connectivity index (χ1n) is 6.81. The van der Waals surface area contributed by atoms with E-state index in [1.165, 1.54) is 11.1 Å². The summed E-state index contributed by atoms with van der Waals surface area (Å²) < 4.78 is 0. The van der Waals surface area contributed by atoms with E-state index in [4.69, 9.17) is 11.6 Å². The zero-order chi connectivity index (χ0) is 13.7. The zero-order valence-electron chi connectivity index (χ0n) is 11.5. The summed E-state index contributed by atoms with van der Waals surface area (Å²) >= 11 is 6.32. The molecule has 100 valence electrons. The van der Waals surface area contributed by atoms with E-state index in [0.717, 1.165) is 23.6 Å². The highest BCUT2D eigenvalue weighted by molar-refractivity contribution is 6.33. The molecule has 0 spiro atoms. The van der Waals surface area contributed by atoms with Crippen LogP contribution in [0.3, 0.4) is 0 Å². The average Bonchev–Trinajstić information content (AvgIpc) is 2.45. The van der Waals surface area contributed by atoms with E-state index in [9.17, 15) is 0 Å². The molecule has 1 unspecified atom stereocenters. The largest absolute Gasteiger partial charge is 0.310 e. The Morgan fingerprint density at radius 1 is 1.00 bits per heavy atom. The Morgan fingerprint density at radius 2 is 1.63 bits per heavy atom. The summed E-state index contributed by atoms with van der Waals surface area (Å²) in [6.45, 7) is 5.41. The van der Waals surface area contributed by atoms with Gasteiger partial charge >= 0.3 is 0 Å². The van der Waals surface area contributed by atoms with Crippen LogP contribution < -0.4 is 5.32 Å². The van der Waals surface area contributed by atoms with Gasteiger partial charge in [-0.3, -0.25) is 0 Å². The number of hydrogen-bond acceptors (Lipinski definition) is 1. The molecule has 19 heavy (non-hydrogen) atoms. The van der Waals surface area contributed by atoms with Crippen molar-refractivity contribution < 1.29 is 0 Å². The SMILES string of the molecule is CCCNC(C)c1ccccc1-c1ccccc1Cl. The lowest BCUT2D eigenvalue weighted by atomic mass is 9.95. The zero-order valence-corrected chi connectivity index (χ0v) is 12.2. The van der Waals surface area contributed by atoms with Crippen molar-refractivity contribution in [1.29, 1.82) is 0 Å². The van der Waals surface area contributed by atoms with Crippen LogP contribution in [0.1, 0.15) is 31.9 Å². The van der Waals surface area contributed by atoms with Gasteiger partial charge in [0.1, 0.15) is 0 Å². The van der Waals surface area contributed by atoms with Crippen LogP contribution in [0.25, 0.3) is 11.1 Å². The Bertz CT molecular complexity index is 536. The van der Waals surface area contributed by atoms with Gasteiger partial charge in [0.25, 0.3) is 0 Å². The third kappa shape index (κ3) is 3.37. The number of nitrogens with one attached hydrogen (secondary N) is 1. The molecule has 0 aliphatic carbocycles. The second-order valence-electron chi connectivity index (χ2n) is 4.74. The van der Waals surface area contributed by atoms with Gasteiger partial charge in [0.2, 0.25) is 0 Å². The summed E-state index contributed by atoms with van der Waals surface area (Å²) in [7, 11) is 0. The second-order valence-corrected chi connectivity index (χ2v) is 5.15. The molecule has 2 heteroatoms. The van der Waals surface area contributed by atoms with Gasteiger partial charge in [0, 0.05) is 16.6 Å². The maximum atomic E-state index is 6.32. The summed E-state index contributed by atoms with van der Waals surface area (Å²) in [5, 5.41) is 4.34. The molecule has 0 aliphatic heterocycles. The lowest BCUT2D eigenvalue weighted by Gasteiger charge is -2.18. The summed E-state index contributed by atoms with van der Waals surface area (Å²) in [5.41, 5.74) is 3.61.